The van der Waals surface area contributed by atoms with Crippen LogP contribution in [0.25, 0.3) is 0 Å². The summed E-state index contributed by atoms with van der Waals surface area (Å²) in [6, 6.07) is 1.68. The van der Waals surface area contributed by atoms with Gasteiger partial charge in [-0.2, -0.15) is 0 Å². The average Bonchev–Trinajstić information content (AvgIpc) is 2.61. The normalized spacial score (nSPS) is 42.1. The van der Waals surface area contributed by atoms with E-state index in [0.717, 1.165) is 18.0 Å². The van der Waals surface area contributed by atoms with Gasteiger partial charge in [0.15, 0.2) is 0 Å². The lowest BCUT2D eigenvalue weighted by Gasteiger charge is -2.46. The van der Waals surface area contributed by atoms with Crippen molar-refractivity contribution in [1.29, 1.82) is 0 Å². The van der Waals surface area contributed by atoms with Crippen LogP contribution in [0, 0.1) is 5.92 Å². The predicted octanol–water partition coefficient (Wildman–Crippen LogP) is 3.13. The molecule has 0 spiro atoms. The lowest BCUT2D eigenvalue weighted by molar-refractivity contribution is 0.0866. The van der Waals surface area contributed by atoms with Crippen LogP contribution in [-0.4, -0.2) is 22.0 Å². The molecule has 3 fully saturated rings. The molecular formula is C12H19NS. The van der Waals surface area contributed by atoms with E-state index in [4.69, 9.17) is 12.2 Å². The summed E-state index contributed by atoms with van der Waals surface area (Å²) >= 11 is 5.51. The van der Waals surface area contributed by atoms with Crippen LogP contribution in [0.1, 0.15) is 51.4 Å². The highest BCUT2D eigenvalue weighted by Gasteiger charge is 2.41. The summed E-state index contributed by atoms with van der Waals surface area (Å²) in [5.74, 6) is 0.982. The molecule has 1 aliphatic carbocycles. The zero-order valence-corrected chi connectivity index (χ0v) is 9.56. The fourth-order valence-corrected chi connectivity index (χ4v) is 4.20. The Hall–Kier alpha value is -0.110. The number of fused-ring (bicyclic) bond motifs is 3. The Labute approximate surface area is 91.9 Å². The van der Waals surface area contributed by atoms with Crippen molar-refractivity contribution >= 4 is 17.2 Å². The summed E-state index contributed by atoms with van der Waals surface area (Å²) in [7, 11) is 0. The van der Waals surface area contributed by atoms with Crippen molar-refractivity contribution in [1.82, 2.24) is 4.90 Å². The molecule has 78 valence electrons. The Kier molecular flexibility index (Phi) is 2.27. The van der Waals surface area contributed by atoms with E-state index in [0.29, 0.717) is 0 Å². The summed E-state index contributed by atoms with van der Waals surface area (Å²) in [5, 5.41) is 0. The highest BCUT2D eigenvalue weighted by molar-refractivity contribution is 7.80. The predicted molar refractivity (Wildman–Crippen MR) is 62.4 cm³/mol. The Bertz CT molecular complexity index is 251. The van der Waals surface area contributed by atoms with Gasteiger partial charge in [0.05, 0.1) is 4.99 Å². The molecule has 2 heteroatoms. The Morgan fingerprint density at radius 3 is 2.79 bits per heavy atom. The maximum atomic E-state index is 5.51. The lowest BCUT2D eigenvalue weighted by atomic mass is 9.77. The van der Waals surface area contributed by atoms with Crippen LogP contribution >= 0.6 is 12.2 Å². The monoisotopic (exact) mass is 209 g/mol. The first-order valence-electron chi connectivity index (χ1n) is 6.17. The van der Waals surface area contributed by atoms with Crippen LogP contribution in [0.2, 0.25) is 0 Å². The molecule has 14 heavy (non-hydrogen) atoms. The van der Waals surface area contributed by atoms with Crippen LogP contribution in [-0.2, 0) is 0 Å². The summed E-state index contributed by atoms with van der Waals surface area (Å²) in [6.45, 7) is 0. The molecule has 0 aromatic heterocycles. The third-order valence-corrected chi connectivity index (χ3v) is 4.88. The van der Waals surface area contributed by atoms with Gasteiger partial charge in [0.1, 0.15) is 0 Å². The molecule has 0 unspecified atom stereocenters. The van der Waals surface area contributed by atoms with Gasteiger partial charge in [-0.05, 0) is 44.4 Å². The highest BCUT2D eigenvalue weighted by atomic mass is 32.1. The fourth-order valence-electron chi connectivity index (χ4n) is 3.80. The average molecular weight is 209 g/mol. The van der Waals surface area contributed by atoms with E-state index in [2.05, 4.69) is 4.90 Å². The Morgan fingerprint density at radius 1 is 1.00 bits per heavy atom. The molecule has 2 saturated heterocycles. The summed E-state index contributed by atoms with van der Waals surface area (Å²) < 4.78 is 0. The molecule has 0 amide bonds. The highest BCUT2D eigenvalue weighted by Crippen LogP contribution is 2.42. The topological polar surface area (TPSA) is 3.24 Å². The molecule has 1 nitrogen and oxygen atoms in total. The van der Waals surface area contributed by atoms with Crippen LogP contribution in [0.4, 0.5) is 0 Å². The minimum Gasteiger partial charge on any atom is -0.360 e. The molecule has 0 aromatic carbocycles. The van der Waals surface area contributed by atoms with Crippen molar-refractivity contribution in [2.75, 3.05) is 0 Å². The number of thiocarbonyl (C=S) groups is 1. The molecule has 0 bridgehead atoms. The van der Waals surface area contributed by atoms with Crippen molar-refractivity contribution < 1.29 is 0 Å². The van der Waals surface area contributed by atoms with Crippen molar-refractivity contribution in [3.63, 3.8) is 0 Å². The molecule has 3 aliphatic rings. The number of rotatable bonds is 0. The second-order valence-electron chi connectivity index (χ2n) is 5.18. The summed E-state index contributed by atoms with van der Waals surface area (Å²) in [4.78, 5) is 3.93. The molecule has 3 rings (SSSR count). The van der Waals surface area contributed by atoms with Crippen molar-refractivity contribution in [2.24, 2.45) is 5.92 Å². The van der Waals surface area contributed by atoms with Crippen LogP contribution in [0.3, 0.4) is 0 Å². The quantitative estimate of drug-likeness (QED) is 0.564. The second kappa shape index (κ2) is 3.48. The summed E-state index contributed by atoms with van der Waals surface area (Å²) in [5.41, 5.74) is 0. The van der Waals surface area contributed by atoms with Gasteiger partial charge in [0.25, 0.3) is 0 Å². The van der Waals surface area contributed by atoms with Gasteiger partial charge >= 0.3 is 0 Å². The maximum absolute atomic E-state index is 5.51. The number of hydrogen-bond acceptors (Lipinski definition) is 1. The van der Waals surface area contributed by atoms with Crippen LogP contribution < -0.4 is 0 Å². The second-order valence-corrected chi connectivity index (χ2v) is 5.65. The first-order valence-corrected chi connectivity index (χ1v) is 6.58. The van der Waals surface area contributed by atoms with E-state index < -0.39 is 0 Å². The molecule has 0 aromatic rings. The molecule has 1 saturated carbocycles. The molecule has 0 N–H and O–H groups in total. The van der Waals surface area contributed by atoms with Crippen molar-refractivity contribution in [3.8, 4) is 0 Å². The first kappa shape index (κ1) is 9.14. The number of piperidine rings is 1. The first-order chi connectivity index (χ1) is 6.86. The number of hydrogen-bond donors (Lipinski definition) is 0. The van der Waals surface area contributed by atoms with Gasteiger partial charge in [0.2, 0.25) is 0 Å². The van der Waals surface area contributed by atoms with E-state index >= 15 is 0 Å². The molecular weight excluding hydrogens is 190 g/mol. The zero-order valence-electron chi connectivity index (χ0n) is 8.74. The smallest absolute Gasteiger partial charge is 0.0785 e. The molecule has 3 atom stereocenters. The Balaban J connectivity index is 1.83. The van der Waals surface area contributed by atoms with Gasteiger partial charge < -0.3 is 4.90 Å². The fraction of sp³-hybridized carbons (Fsp3) is 0.917. The van der Waals surface area contributed by atoms with E-state index in [-0.39, 0.29) is 0 Å². The third-order valence-electron chi connectivity index (χ3n) is 4.47. The van der Waals surface area contributed by atoms with Gasteiger partial charge in [0, 0.05) is 12.1 Å². The molecule has 2 aliphatic heterocycles. The number of nitrogens with zero attached hydrogens (tertiary/aromatic N) is 1. The molecule has 0 radical (unpaired) electrons. The van der Waals surface area contributed by atoms with Gasteiger partial charge in [-0.3, -0.25) is 0 Å². The minimum atomic E-state index is 0.835. The lowest BCUT2D eigenvalue weighted by Crippen LogP contribution is -2.50. The van der Waals surface area contributed by atoms with E-state index in [1.54, 1.807) is 0 Å². The van der Waals surface area contributed by atoms with Gasteiger partial charge in [-0.15, -0.1) is 0 Å². The van der Waals surface area contributed by atoms with Crippen molar-refractivity contribution in [2.45, 2.75) is 63.5 Å². The standard InChI is InChI=1S/C12H19NS/c14-12-8-7-10-6-5-9-3-1-2-4-11(9)13(10)12/h9-11H,1-8H2/t9-,10+,11-/m1/s1. The molecule has 2 heterocycles. The van der Waals surface area contributed by atoms with E-state index in [9.17, 15) is 0 Å². The SMILES string of the molecule is S=C1CC[C@@H]2CC[C@H]3CCCC[C@H]3N12. The van der Waals surface area contributed by atoms with E-state index in [1.807, 2.05) is 0 Å². The minimum absolute atomic E-state index is 0.835. The Morgan fingerprint density at radius 2 is 1.86 bits per heavy atom. The largest absolute Gasteiger partial charge is 0.360 e. The maximum Gasteiger partial charge on any atom is 0.0785 e. The van der Waals surface area contributed by atoms with Crippen LogP contribution in [0.5, 0.6) is 0 Å². The van der Waals surface area contributed by atoms with Crippen LogP contribution in [0.15, 0.2) is 0 Å². The van der Waals surface area contributed by atoms with Gasteiger partial charge in [-0.1, -0.05) is 25.1 Å². The van der Waals surface area contributed by atoms with E-state index in [1.165, 1.54) is 56.4 Å². The van der Waals surface area contributed by atoms with Crippen molar-refractivity contribution in [3.05, 3.63) is 0 Å². The van der Waals surface area contributed by atoms with Gasteiger partial charge in [-0.25, -0.2) is 0 Å². The zero-order chi connectivity index (χ0) is 9.54. The third kappa shape index (κ3) is 1.30. The summed E-state index contributed by atoms with van der Waals surface area (Å²) in [6.07, 6.45) is 11.2.